The Hall–Kier alpha value is -5.05. The molecule has 44 heavy (non-hydrogen) atoms. The van der Waals surface area contributed by atoms with Crippen molar-refractivity contribution in [2.45, 2.75) is 33.0 Å². The number of rotatable bonds is 8. The van der Waals surface area contributed by atoms with Gasteiger partial charge in [0.1, 0.15) is 5.82 Å². The molecule has 1 aliphatic rings. The standard InChI is InChI=1S/C29H26F3N7O4S/c1-4-43-23(40)12-21-15-44-27(35-21)37-26-33-13-18-14-39(28(42)38(3)24(18)36-26)22-11-20(9-8-16(22)2)34-25(41)17-6-5-7-19(10-17)29(30,31)32/h5-11,13,15H,4,12,14H2,1-3H3,(H,34,41)(H,33,35,36,37). The quantitative estimate of drug-likeness (QED) is 0.230. The Bertz CT molecular complexity index is 1740. The topological polar surface area (TPSA) is 130 Å². The largest absolute Gasteiger partial charge is 0.466 e. The Kier molecular flexibility index (Phi) is 8.49. The molecular formula is C29H26F3N7O4S. The van der Waals surface area contributed by atoms with Crippen LogP contribution in [0.15, 0.2) is 54.0 Å². The first-order chi connectivity index (χ1) is 20.9. The average molecular weight is 626 g/mol. The molecule has 3 amide bonds. The van der Waals surface area contributed by atoms with Gasteiger partial charge >= 0.3 is 18.2 Å². The highest BCUT2D eigenvalue weighted by Crippen LogP contribution is 2.34. The second kappa shape index (κ2) is 12.3. The number of hydrogen-bond acceptors (Lipinski definition) is 9. The molecule has 228 valence electrons. The summed E-state index contributed by atoms with van der Waals surface area (Å²) in [5.74, 6) is -0.499. The molecule has 5 rings (SSSR count). The minimum Gasteiger partial charge on any atom is -0.466 e. The molecule has 3 heterocycles. The van der Waals surface area contributed by atoms with E-state index in [0.717, 1.165) is 17.7 Å². The minimum atomic E-state index is -4.58. The number of alkyl halides is 3. The number of fused-ring (bicyclic) bond motifs is 1. The number of nitrogens with one attached hydrogen (secondary N) is 2. The van der Waals surface area contributed by atoms with Gasteiger partial charge in [-0.1, -0.05) is 12.1 Å². The highest BCUT2D eigenvalue weighted by Gasteiger charge is 2.33. The molecule has 0 saturated heterocycles. The Morgan fingerprint density at radius 1 is 1.14 bits per heavy atom. The molecule has 2 N–H and O–H groups in total. The number of hydrogen-bond donors (Lipinski definition) is 2. The van der Waals surface area contributed by atoms with Crippen LogP contribution in [-0.4, -0.2) is 46.5 Å². The van der Waals surface area contributed by atoms with Gasteiger partial charge in [0.05, 0.1) is 36.5 Å². The number of urea groups is 1. The van der Waals surface area contributed by atoms with Gasteiger partial charge in [-0.05, 0) is 49.7 Å². The van der Waals surface area contributed by atoms with Gasteiger partial charge in [-0.15, -0.1) is 11.3 Å². The van der Waals surface area contributed by atoms with Gasteiger partial charge in [-0.25, -0.2) is 14.8 Å². The first-order valence-corrected chi connectivity index (χ1v) is 14.2. The third kappa shape index (κ3) is 6.62. The summed E-state index contributed by atoms with van der Waals surface area (Å²) in [6.45, 7) is 3.94. The lowest BCUT2D eigenvalue weighted by Gasteiger charge is -2.35. The van der Waals surface area contributed by atoms with Crippen molar-refractivity contribution in [2.75, 3.05) is 34.1 Å². The molecule has 4 aromatic rings. The first kappa shape index (κ1) is 30.4. The first-order valence-electron chi connectivity index (χ1n) is 13.3. The van der Waals surface area contributed by atoms with Crippen LogP contribution in [0.3, 0.4) is 0 Å². The molecule has 0 saturated carbocycles. The van der Waals surface area contributed by atoms with E-state index >= 15 is 0 Å². The van der Waals surface area contributed by atoms with Crippen LogP contribution in [0.25, 0.3) is 0 Å². The van der Waals surface area contributed by atoms with Crippen molar-refractivity contribution in [1.29, 1.82) is 0 Å². The fourth-order valence-corrected chi connectivity index (χ4v) is 5.18. The van der Waals surface area contributed by atoms with Crippen LogP contribution in [0, 0.1) is 6.92 Å². The molecule has 0 bridgehead atoms. The van der Waals surface area contributed by atoms with Crippen LogP contribution in [0.4, 0.5) is 46.2 Å². The fourth-order valence-electron chi connectivity index (χ4n) is 4.48. The van der Waals surface area contributed by atoms with E-state index < -0.39 is 23.7 Å². The zero-order chi connectivity index (χ0) is 31.6. The normalized spacial score (nSPS) is 13.0. The number of thiazole rings is 1. The lowest BCUT2D eigenvalue weighted by molar-refractivity contribution is -0.142. The number of carbonyl (C=O) groups excluding carboxylic acids is 3. The van der Waals surface area contributed by atoms with Crippen LogP contribution >= 0.6 is 11.3 Å². The molecule has 0 unspecified atom stereocenters. The number of aryl methyl sites for hydroxylation is 1. The maximum atomic E-state index is 13.5. The van der Waals surface area contributed by atoms with Crippen molar-refractivity contribution in [3.63, 3.8) is 0 Å². The number of anilines is 5. The third-order valence-electron chi connectivity index (χ3n) is 6.62. The zero-order valence-electron chi connectivity index (χ0n) is 23.7. The highest BCUT2D eigenvalue weighted by molar-refractivity contribution is 7.13. The molecular weight excluding hydrogens is 599 g/mol. The van der Waals surface area contributed by atoms with Crippen molar-refractivity contribution in [1.82, 2.24) is 15.0 Å². The van der Waals surface area contributed by atoms with Crippen molar-refractivity contribution < 1.29 is 32.3 Å². The maximum Gasteiger partial charge on any atom is 0.416 e. The van der Waals surface area contributed by atoms with E-state index in [1.807, 2.05) is 0 Å². The number of carbonyl (C=O) groups is 3. The summed E-state index contributed by atoms with van der Waals surface area (Å²) < 4.78 is 44.3. The van der Waals surface area contributed by atoms with Crippen LogP contribution in [0.2, 0.25) is 0 Å². The molecule has 0 fully saturated rings. The van der Waals surface area contributed by atoms with Gasteiger partial charge in [0.2, 0.25) is 5.95 Å². The minimum absolute atomic E-state index is 0.0414. The van der Waals surface area contributed by atoms with Crippen molar-refractivity contribution >= 4 is 57.5 Å². The van der Waals surface area contributed by atoms with E-state index in [2.05, 4.69) is 25.6 Å². The monoisotopic (exact) mass is 625 g/mol. The molecule has 15 heteroatoms. The zero-order valence-corrected chi connectivity index (χ0v) is 24.5. The predicted octanol–water partition coefficient (Wildman–Crippen LogP) is 5.94. The second-order valence-electron chi connectivity index (χ2n) is 9.75. The third-order valence-corrected chi connectivity index (χ3v) is 7.42. The summed E-state index contributed by atoms with van der Waals surface area (Å²) in [6.07, 6.45) is -2.96. The van der Waals surface area contributed by atoms with Gasteiger partial charge in [-0.2, -0.15) is 18.2 Å². The van der Waals surface area contributed by atoms with E-state index in [1.165, 1.54) is 33.3 Å². The predicted molar refractivity (Wildman–Crippen MR) is 158 cm³/mol. The summed E-state index contributed by atoms with van der Waals surface area (Å²) in [5.41, 5.74) is 1.64. The lowest BCUT2D eigenvalue weighted by Crippen LogP contribution is -2.46. The van der Waals surface area contributed by atoms with E-state index in [-0.39, 0.29) is 37.1 Å². The number of benzene rings is 2. The molecule has 0 aliphatic carbocycles. The van der Waals surface area contributed by atoms with Crippen LogP contribution in [0.1, 0.15) is 39.7 Å². The lowest BCUT2D eigenvalue weighted by atomic mass is 10.1. The molecule has 1 aliphatic heterocycles. The summed E-state index contributed by atoms with van der Waals surface area (Å²) in [6, 6.07) is 8.64. The number of esters is 1. The van der Waals surface area contributed by atoms with Crippen molar-refractivity contribution in [3.8, 4) is 0 Å². The highest BCUT2D eigenvalue weighted by atomic mass is 32.1. The Morgan fingerprint density at radius 3 is 2.68 bits per heavy atom. The number of nitrogens with zero attached hydrogens (tertiary/aromatic N) is 5. The van der Waals surface area contributed by atoms with Crippen molar-refractivity contribution in [2.24, 2.45) is 0 Å². The molecule has 0 spiro atoms. The van der Waals surface area contributed by atoms with Gasteiger partial charge in [0.25, 0.3) is 5.91 Å². The second-order valence-corrected chi connectivity index (χ2v) is 10.6. The summed E-state index contributed by atoms with van der Waals surface area (Å²) >= 11 is 1.27. The molecule has 2 aromatic heterocycles. The fraction of sp³-hybridized carbons (Fsp3) is 0.241. The number of halogens is 3. The average Bonchev–Trinajstić information content (AvgIpc) is 3.42. The Balaban J connectivity index is 1.32. The van der Waals surface area contributed by atoms with Gasteiger partial charge in [0, 0.05) is 35.4 Å². The number of aromatic nitrogens is 3. The summed E-state index contributed by atoms with van der Waals surface area (Å²) in [4.78, 5) is 54.1. The maximum absolute atomic E-state index is 13.5. The van der Waals surface area contributed by atoms with Gasteiger partial charge in [0.15, 0.2) is 5.13 Å². The van der Waals surface area contributed by atoms with Crippen LogP contribution in [0.5, 0.6) is 0 Å². The molecule has 0 radical (unpaired) electrons. The van der Waals surface area contributed by atoms with Gasteiger partial charge < -0.3 is 10.1 Å². The SMILES string of the molecule is CCOC(=O)Cc1csc(Nc2ncc3c(n2)N(C)C(=O)N(c2cc(NC(=O)c4cccc(C(F)(F)F)c4)ccc2C)C3)n1. The van der Waals surface area contributed by atoms with Gasteiger partial charge in [-0.3, -0.25) is 24.7 Å². The Morgan fingerprint density at radius 2 is 1.93 bits per heavy atom. The van der Waals surface area contributed by atoms with Crippen molar-refractivity contribution in [3.05, 3.63) is 82.0 Å². The van der Waals surface area contributed by atoms with E-state index in [4.69, 9.17) is 4.74 Å². The Labute approximate surface area is 253 Å². The number of amides is 3. The molecule has 0 atom stereocenters. The van der Waals surface area contributed by atoms with E-state index in [9.17, 15) is 27.6 Å². The summed E-state index contributed by atoms with van der Waals surface area (Å²) in [7, 11) is 1.57. The van der Waals surface area contributed by atoms with Crippen LogP contribution < -0.4 is 20.4 Å². The van der Waals surface area contributed by atoms with Crippen LogP contribution in [-0.2, 0) is 28.7 Å². The van der Waals surface area contributed by atoms with E-state index in [1.54, 1.807) is 50.7 Å². The molecule has 2 aromatic carbocycles. The summed E-state index contributed by atoms with van der Waals surface area (Å²) in [5, 5.41) is 7.81. The molecule has 11 nitrogen and oxygen atoms in total. The smallest absolute Gasteiger partial charge is 0.416 e. The number of ether oxygens (including phenoxy) is 1. The van der Waals surface area contributed by atoms with E-state index in [0.29, 0.717) is 33.6 Å².